The van der Waals surface area contributed by atoms with Crippen molar-refractivity contribution < 1.29 is 14.4 Å². The summed E-state index contributed by atoms with van der Waals surface area (Å²) in [5.41, 5.74) is 3.41. The van der Waals surface area contributed by atoms with Crippen LogP contribution in [0.3, 0.4) is 0 Å². The largest absolute Gasteiger partial charge is 0.322 e. The summed E-state index contributed by atoms with van der Waals surface area (Å²) in [5.74, 6) is -0.820. The van der Waals surface area contributed by atoms with Crippen molar-refractivity contribution in [1.82, 2.24) is 35.8 Å². The number of hydrogen-bond donors (Lipinski definition) is 3. The number of piperidine rings is 1. The summed E-state index contributed by atoms with van der Waals surface area (Å²) in [7, 11) is 0. The van der Waals surface area contributed by atoms with E-state index in [1.54, 1.807) is 4.90 Å². The number of amides is 3. The minimum Gasteiger partial charge on any atom is -0.322 e. The number of nitrogens with zero attached hydrogens (tertiary/aromatic N) is 4. The number of rotatable bonds is 6. The zero-order valence-electron chi connectivity index (χ0n) is 17.1. The van der Waals surface area contributed by atoms with Gasteiger partial charge >= 0.3 is 0 Å². The van der Waals surface area contributed by atoms with Crippen LogP contribution >= 0.6 is 0 Å². The third kappa shape index (κ3) is 3.96. The van der Waals surface area contributed by atoms with Crippen LogP contribution in [0.4, 0.5) is 0 Å². The van der Waals surface area contributed by atoms with Crippen molar-refractivity contribution in [2.24, 2.45) is 0 Å². The van der Waals surface area contributed by atoms with Gasteiger partial charge in [0.1, 0.15) is 6.04 Å². The Morgan fingerprint density at radius 3 is 2.87 bits per heavy atom. The fourth-order valence-electron chi connectivity index (χ4n) is 4.48. The first-order valence-electron chi connectivity index (χ1n) is 10.7. The smallest absolute Gasteiger partial charge is 0.255 e. The lowest BCUT2D eigenvalue weighted by atomic mass is 10.0. The Kier molecular flexibility index (Phi) is 5.24. The first kappa shape index (κ1) is 19.8. The van der Waals surface area contributed by atoms with Crippen molar-refractivity contribution >= 4 is 17.7 Å². The molecule has 3 aliphatic heterocycles. The Labute approximate surface area is 179 Å². The molecule has 3 aliphatic rings. The van der Waals surface area contributed by atoms with E-state index in [1.165, 1.54) is 0 Å². The van der Waals surface area contributed by atoms with E-state index in [1.807, 2.05) is 29.1 Å². The van der Waals surface area contributed by atoms with Crippen LogP contribution in [0.2, 0.25) is 0 Å². The van der Waals surface area contributed by atoms with Gasteiger partial charge in [-0.25, -0.2) is 4.68 Å². The number of carbonyl (C=O) groups is 3. The Morgan fingerprint density at radius 2 is 2.06 bits per heavy atom. The van der Waals surface area contributed by atoms with E-state index >= 15 is 0 Å². The molecule has 4 heterocycles. The van der Waals surface area contributed by atoms with Crippen LogP contribution in [0.5, 0.6) is 0 Å². The van der Waals surface area contributed by atoms with Crippen molar-refractivity contribution in [3.05, 3.63) is 46.8 Å². The van der Waals surface area contributed by atoms with Gasteiger partial charge in [0, 0.05) is 38.2 Å². The summed E-state index contributed by atoms with van der Waals surface area (Å²) < 4.78 is 1.93. The lowest BCUT2D eigenvalue weighted by molar-refractivity contribution is -0.136. The normalized spacial score (nSPS) is 23.4. The van der Waals surface area contributed by atoms with Gasteiger partial charge in [-0.1, -0.05) is 17.3 Å². The molecule has 5 rings (SSSR count). The molecule has 0 bridgehead atoms. The van der Waals surface area contributed by atoms with Crippen molar-refractivity contribution in [2.45, 2.75) is 51.0 Å². The third-order valence-electron chi connectivity index (χ3n) is 6.19. The molecule has 0 spiro atoms. The first-order chi connectivity index (χ1) is 15.1. The van der Waals surface area contributed by atoms with Gasteiger partial charge in [0.05, 0.1) is 17.9 Å². The Hall–Kier alpha value is -3.11. The molecule has 3 amide bonds. The number of carbonyl (C=O) groups excluding carboxylic acids is 3. The molecule has 10 heteroatoms. The van der Waals surface area contributed by atoms with Crippen LogP contribution in [0.1, 0.15) is 52.5 Å². The zero-order valence-corrected chi connectivity index (χ0v) is 17.1. The van der Waals surface area contributed by atoms with E-state index in [4.69, 9.17) is 0 Å². The standard InChI is InChI=1S/C21H25N7O3/c29-19-4-3-18(20(30)24-19)27-11-14-2-1-13(7-17(14)21(27)31)8-23-9-15-12-28(26-25-15)16-5-6-22-10-16/h1-2,7,12,16,18,22-23H,3-6,8-11H2,(H,24,29,30). The highest BCUT2D eigenvalue weighted by molar-refractivity contribution is 6.05. The summed E-state index contributed by atoms with van der Waals surface area (Å²) in [6, 6.07) is 5.61. The van der Waals surface area contributed by atoms with Crippen molar-refractivity contribution in [2.75, 3.05) is 13.1 Å². The zero-order chi connectivity index (χ0) is 21.4. The molecule has 2 atom stereocenters. The summed E-state index contributed by atoms with van der Waals surface area (Å²) in [6.45, 7) is 3.52. The number of benzene rings is 1. The lowest BCUT2D eigenvalue weighted by Crippen LogP contribution is -2.52. The van der Waals surface area contributed by atoms with Crippen LogP contribution in [-0.2, 0) is 29.2 Å². The topological polar surface area (TPSA) is 121 Å². The Morgan fingerprint density at radius 1 is 1.16 bits per heavy atom. The second-order valence-corrected chi connectivity index (χ2v) is 8.33. The molecule has 2 fully saturated rings. The molecule has 2 unspecified atom stereocenters. The van der Waals surface area contributed by atoms with Crippen LogP contribution in [0.25, 0.3) is 0 Å². The Bertz CT molecular complexity index is 1030. The maximum Gasteiger partial charge on any atom is 0.255 e. The van der Waals surface area contributed by atoms with Gasteiger partial charge in [0.15, 0.2) is 0 Å². The van der Waals surface area contributed by atoms with Gasteiger partial charge in [-0.05, 0) is 36.6 Å². The van der Waals surface area contributed by atoms with Gasteiger partial charge in [-0.3, -0.25) is 19.7 Å². The molecule has 10 nitrogen and oxygen atoms in total. The molecule has 0 saturated carbocycles. The van der Waals surface area contributed by atoms with Crippen LogP contribution in [0, 0.1) is 0 Å². The molecule has 0 radical (unpaired) electrons. The molecule has 1 aromatic carbocycles. The van der Waals surface area contributed by atoms with Crippen LogP contribution in [0.15, 0.2) is 24.4 Å². The molecule has 2 saturated heterocycles. The van der Waals surface area contributed by atoms with E-state index in [9.17, 15) is 14.4 Å². The summed E-state index contributed by atoms with van der Waals surface area (Å²) in [6.07, 6.45) is 3.67. The molecular formula is C21H25N7O3. The maximum absolute atomic E-state index is 12.9. The molecule has 1 aromatic heterocycles. The minimum atomic E-state index is -0.586. The average molecular weight is 423 g/mol. The molecular weight excluding hydrogens is 398 g/mol. The Balaban J connectivity index is 1.19. The fourth-order valence-corrected chi connectivity index (χ4v) is 4.48. The van der Waals surface area contributed by atoms with E-state index < -0.39 is 6.04 Å². The maximum atomic E-state index is 12.9. The number of nitrogens with one attached hydrogen (secondary N) is 3. The lowest BCUT2D eigenvalue weighted by Gasteiger charge is -2.29. The van der Waals surface area contributed by atoms with Crippen LogP contribution in [-0.4, -0.2) is 56.7 Å². The molecule has 2 aromatic rings. The quantitative estimate of drug-likeness (QED) is 0.553. The minimum absolute atomic E-state index is 0.153. The predicted octanol–water partition coefficient (Wildman–Crippen LogP) is -0.137. The van der Waals surface area contributed by atoms with E-state index in [0.29, 0.717) is 37.7 Å². The highest BCUT2D eigenvalue weighted by atomic mass is 16.2. The van der Waals surface area contributed by atoms with Gasteiger partial charge in [0.25, 0.3) is 5.91 Å². The van der Waals surface area contributed by atoms with E-state index in [-0.39, 0.29) is 24.1 Å². The fraction of sp³-hybridized carbons (Fsp3) is 0.476. The van der Waals surface area contributed by atoms with Gasteiger partial charge < -0.3 is 15.5 Å². The van der Waals surface area contributed by atoms with Gasteiger partial charge in [0.2, 0.25) is 11.8 Å². The monoisotopic (exact) mass is 423 g/mol. The number of fused-ring (bicyclic) bond motifs is 1. The summed E-state index contributed by atoms with van der Waals surface area (Å²) in [4.78, 5) is 38.0. The van der Waals surface area contributed by atoms with Crippen molar-refractivity contribution in [3.63, 3.8) is 0 Å². The highest BCUT2D eigenvalue weighted by Crippen LogP contribution is 2.28. The third-order valence-corrected chi connectivity index (χ3v) is 6.19. The van der Waals surface area contributed by atoms with E-state index in [2.05, 4.69) is 26.3 Å². The predicted molar refractivity (Wildman–Crippen MR) is 110 cm³/mol. The number of hydrogen-bond acceptors (Lipinski definition) is 7. The van der Waals surface area contributed by atoms with E-state index in [0.717, 1.165) is 36.3 Å². The molecule has 3 N–H and O–H groups in total. The second kappa shape index (κ2) is 8.20. The SMILES string of the molecule is O=C1CCC(N2Cc3ccc(CNCc4cn(C5CCNC5)nn4)cc3C2=O)C(=O)N1. The average Bonchev–Trinajstić information content (AvgIpc) is 3.49. The number of imide groups is 1. The number of aromatic nitrogens is 3. The van der Waals surface area contributed by atoms with Crippen molar-refractivity contribution in [1.29, 1.82) is 0 Å². The molecule has 0 aliphatic carbocycles. The van der Waals surface area contributed by atoms with Crippen molar-refractivity contribution in [3.8, 4) is 0 Å². The summed E-state index contributed by atoms with van der Waals surface area (Å²) in [5, 5.41) is 17.5. The van der Waals surface area contributed by atoms with Crippen LogP contribution < -0.4 is 16.0 Å². The molecule has 162 valence electrons. The molecule has 31 heavy (non-hydrogen) atoms. The summed E-state index contributed by atoms with van der Waals surface area (Å²) >= 11 is 0. The van der Waals surface area contributed by atoms with Gasteiger partial charge in [-0.2, -0.15) is 0 Å². The van der Waals surface area contributed by atoms with Gasteiger partial charge in [-0.15, -0.1) is 5.10 Å². The first-order valence-corrected chi connectivity index (χ1v) is 10.7. The second-order valence-electron chi connectivity index (χ2n) is 8.33. The highest BCUT2D eigenvalue weighted by Gasteiger charge is 2.39.